The summed E-state index contributed by atoms with van der Waals surface area (Å²) in [5.74, 6) is 1.42. The SMILES string of the molecule is CCCOc1nc2cc(C)ccc2cc1CNCc1cc(C2CC2)n[nH]1. The van der Waals surface area contributed by atoms with Crippen LogP contribution < -0.4 is 10.1 Å². The summed E-state index contributed by atoms with van der Waals surface area (Å²) in [4.78, 5) is 4.75. The summed E-state index contributed by atoms with van der Waals surface area (Å²) < 4.78 is 5.91. The smallest absolute Gasteiger partial charge is 0.218 e. The molecule has 2 N–H and O–H groups in total. The molecule has 1 aliphatic carbocycles. The van der Waals surface area contributed by atoms with Gasteiger partial charge < -0.3 is 10.1 Å². The van der Waals surface area contributed by atoms with Gasteiger partial charge in [-0.2, -0.15) is 5.10 Å². The van der Waals surface area contributed by atoms with Gasteiger partial charge in [0.25, 0.3) is 0 Å². The lowest BCUT2D eigenvalue weighted by Crippen LogP contribution is -2.14. The average molecular weight is 350 g/mol. The van der Waals surface area contributed by atoms with Crippen molar-refractivity contribution in [3.05, 3.63) is 52.8 Å². The van der Waals surface area contributed by atoms with E-state index in [9.17, 15) is 0 Å². The number of benzene rings is 1. The van der Waals surface area contributed by atoms with Crippen LogP contribution in [0, 0.1) is 6.92 Å². The van der Waals surface area contributed by atoms with Gasteiger partial charge in [-0.15, -0.1) is 0 Å². The molecule has 1 aliphatic rings. The van der Waals surface area contributed by atoms with E-state index in [4.69, 9.17) is 9.72 Å². The number of nitrogens with zero attached hydrogens (tertiary/aromatic N) is 2. The Hall–Kier alpha value is -2.40. The Morgan fingerprint density at radius 3 is 2.88 bits per heavy atom. The number of aryl methyl sites for hydroxylation is 1. The van der Waals surface area contributed by atoms with Crippen LogP contribution in [-0.2, 0) is 13.1 Å². The van der Waals surface area contributed by atoms with Crippen LogP contribution in [0.5, 0.6) is 5.88 Å². The van der Waals surface area contributed by atoms with Gasteiger partial charge in [0.15, 0.2) is 0 Å². The van der Waals surface area contributed by atoms with Crippen LogP contribution in [0.15, 0.2) is 30.3 Å². The van der Waals surface area contributed by atoms with Gasteiger partial charge in [0.1, 0.15) is 0 Å². The second kappa shape index (κ2) is 7.46. The fraction of sp³-hybridized carbons (Fsp3) is 0.429. The molecule has 0 saturated heterocycles. The quantitative estimate of drug-likeness (QED) is 0.638. The minimum Gasteiger partial charge on any atom is -0.477 e. The second-order valence-electron chi connectivity index (χ2n) is 7.19. The number of hydrogen-bond acceptors (Lipinski definition) is 4. The molecule has 0 radical (unpaired) electrons. The first-order chi connectivity index (χ1) is 12.7. The van der Waals surface area contributed by atoms with Crippen molar-refractivity contribution in [1.29, 1.82) is 0 Å². The van der Waals surface area contributed by atoms with Gasteiger partial charge >= 0.3 is 0 Å². The number of H-pyrrole nitrogens is 1. The maximum Gasteiger partial charge on any atom is 0.218 e. The first-order valence-corrected chi connectivity index (χ1v) is 9.51. The van der Waals surface area contributed by atoms with Crippen molar-refractivity contribution in [2.75, 3.05) is 6.61 Å². The first-order valence-electron chi connectivity index (χ1n) is 9.51. The number of nitrogens with one attached hydrogen (secondary N) is 2. The summed E-state index contributed by atoms with van der Waals surface area (Å²) in [6.07, 6.45) is 3.52. The van der Waals surface area contributed by atoms with Crippen LogP contribution >= 0.6 is 0 Å². The number of rotatable bonds is 8. The molecular formula is C21H26N4O. The number of hydrogen-bond donors (Lipinski definition) is 2. The predicted molar refractivity (Wildman–Crippen MR) is 103 cm³/mol. The molecule has 1 aromatic carbocycles. The van der Waals surface area contributed by atoms with Gasteiger partial charge in [0, 0.05) is 35.7 Å². The van der Waals surface area contributed by atoms with E-state index in [1.54, 1.807) is 0 Å². The molecule has 5 nitrogen and oxygen atoms in total. The standard InChI is InChI=1S/C21H26N4O/c1-3-8-26-21-17(10-16-5-4-14(2)9-19(16)23-21)12-22-13-18-11-20(25-24-18)15-6-7-15/h4-5,9-11,15,22H,3,6-8,12-13H2,1-2H3,(H,24,25). The second-order valence-corrected chi connectivity index (χ2v) is 7.19. The molecule has 1 saturated carbocycles. The molecule has 3 aromatic rings. The minimum atomic E-state index is 0.683. The van der Waals surface area contributed by atoms with Crippen molar-refractivity contribution in [2.45, 2.75) is 52.1 Å². The molecule has 0 unspecified atom stereocenters. The maximum absolute atomic E-state index is 5.91. The molecule has 0 aliphatic heterocycles. The van der Waals surface area contributed by atoms with Crippen molar-refractivity contribution in [3.8, 4) is 5.88 Å². The van der Waals surface area contributed by atoms with Crippen molar-refractivity contribution < 1.29 is 4.74 Å². The van der Waals surface area contributed by atoms with E-state index in [2.05, 4.69) is 59.7 Å². The highest BCUT2D eigenvalue weighted by molar-refractivity contribution is 5.80. The Labute approximate surface area is 154 Å². The topological polar surface area (TPSA) is 62.8 Å². The van der Waals surface area contributed by atoms with Gasteiger partial charge in [-0.1, -0.05) is 19.1 Å². The van der Waals surface area contributed by atoms with Crippen LogP contribution in [0.25, 0.3) is 10.9 Å². The molecule has 5 heteroatoms. The third-order valence-corrected chi connectivity index (χ3v) is 4.73. The molecule has 2 heterocycles. The molecule has 4 rings (SSSR count). The molecule has 0 bridgehead atoms. The van der Waals surface area contributed by atoms with Crippen LogP contribution in [0.1, 0.15) is 54.6 Å². The highest BCUT2D eigenvalue weighted by Crippen LogP contribution is 2.39. The van der Waals surface area contributed by atoms with Crippen molar-refractivity contribution in [2.24, 2.45) is 0 Å². The van der Waals surface area contributed by atoms with E-state index in [0.717, 1.165) is 41.0 Å². The number of aromatic amines is 1. The molecule has 1 fully saturated rings. The normalized spacial score (nSPS) is 14.1. The highest BCUT2D eigenvalue weighted by atomic mass is 16.5. The fourth-order valence-corrected chi connectivity index (χ4v) is 3.14. The molecule has 0 amide bonds. The fourth-order valence-electron chi connectivity index (χ4n) is 3.14. The number of aromatic nitrogens is 3. The van der Waals surface area contributed by atoms with Crippen LogP contribution in [0.2, 0.25) is 0 Å². The molecule has 0 spiro atoms. The lowest BCUT2D eigenvalue weighted by Gasteiger charge is -2.12. The summed E-state index contributed by atoms with van der Waals surface area (Å²) in [6.45, 7) is 6.36. The van der Waals surface area contributed by atoms with Crippen LogP contribution in [0.3, 0.4) is 0 Å². The number of pyridine rings is 1. The molecule has 0 atom stereocenters. The molecule has 136 valence electrons. The Morgan fingerprint density at radius 1 is 1.19 bits per heavy atom. The van der Waals surface area contributed by atoms with Crippen molar-refractivity contribution in [3.63, 3.8) is 0 Å². The number of fused-ring (bicyclic) bond motifs is 1. The summed E-state index contributed by atoms with van der Waals surface area (Å²) in [7, 11) is 0. The lowest BCUT2D eigenvalue weighted by molar-refractivity contribution is 0.302. The Morgan fingerprint density at radius 2 is 2.08 bits per heavy atom. The van der Waals surface area contributed by atoms with E-state index in [-0.39, 0.29) is 0 Å². The predicted octanol–water partition coefficient (Wildman–Crippen LogP) is 4.22. The Kier molecular flexibility index (Phi) is 4.89. The van der Waals surface area contributed by atoms with E-state index in [1.807, 2.05) is 0 Å². The number of ether oxygens (including phenoxy) is 1. The van der Waals surface area contributed by atoms with Crippen LogP contribution in [-0.4, -0.2) is 21.8 Å². The lowest BCUT2D eigenvalue weighted by atomic mass is 10.1. The van der Waals surface area contributed by atoms with E-state index in [0.29, 0.717) is 19.1 Å². The summed E-state index contributed by atoms with van der Waals surface area (Å²) in [5.41, 5.74) is 5.63. The zero-order valence-electron chi connectivity index (χ0n) is 15.5. The van der Waals surface area contributed by atoms with Gasteiger partial charge in [0.05, 0.1) is 17.8 Å². The van der Waals surface area contributed by atoms with Crippen LogP contribution in [0.4, 0.5) is 0 Å². The molecule has 2 aromatic heterocycles. The third kappa shape index (κ3) is 3.88. The van der Waals surface area contributed by atoms with Gasteiger partial charge in [-0.25, -0.2) is 4.98 Å². The third-order valence-electron chi connectivity index (χ3n) is 4.73. The maximum atomic E-state index is 5.91. The van der Waals surface area contributed by atoms with E-state index < -0.39 is 0 Å². The van der Waals surface area contributed by atoms with E-state index in [1.165, 1.54) is 24.1 Å². The monoisotopic (exact) mass is 350 g/mol. The Bertz CT molecular complexity index is 898. The zero-order chi connectivity index (χ0) is 17.9. The van der Waals surface area contributed by atoms with Gasteiger partial charge in [-0.3, -0.25) is 5.10 Å². The minimum absolute atomic E-state index is 0.683. The first kappa shape index (κ1) is 17.0. The largest absolute Gasteiger partial charge is 0.477 e. The summed E-state index contributed by atoms with van der Waals surface area (Å²) in [6, 6.07) is 10.7. The van der Waals surface area contributed by atoms with Crippen molar-refractivity contribution >= 4 is 10.9 Å². The van der Waals surface area contributed by atoms with Crippen molar-refractivity contribution in [1.82, 2.24) is 20.5 Å². The molecular weight excluding hydrogens is 324 g/mol. The summed E-state index contributed by atoms with van der Waals surface area (Å²) >= 11 is 0. The van der Waals surface area contributed by atoms with Gasteiger partial charge in [-0.05, 0) is 49.9 Å². The zero-order valence-corrected chi connectivity index (χ0v) is 15.5. The average Bonchev–Trinajstić information content (AvgIpc) is 3.39. The summed E-state index contributed by atoms with van der Waals surface area (Å²) in [5, 5.41) is 12.2. The highest BCUT2D eigenvalue weighted by Gasteiger charge is 2.25. The van der Waals surface area contributed by atoms with E-state index >= 15 is 0 Å². The molecule has 26 heavy (non-hydrogen) atoms. The Balaban J connectivity index is 1.48. The van der Waals surface area contributed by atoms with Gasteiger partial charge in [0.2, 0.25) is 5.88 Å².